The normalized spacial score (nSPS) is 17.6. The SMILES string of the molecule is CC(Nc1ccccc1CN1CCC(O)CC1)c1ccc(Cl)cc1. The van der Waals surface area contributed by atoms with E-state index in [1.165, 1.54) is 16.8 Å². The predicted octanol–water partition coefficient (Wildman–Crippen LogP) is 4.47. The number of benzene rings is 2. The van der Waals surface area contributed by atoms with Crippen LogP contribution in [-0.2, 0) is 6.54 Å². The molecule has 2 aromatic carbocycles. The Balaban J connectivity index is 1.68. The molecule has 3 rings (SSSR count). The molecule has 1 fully saturated rings. The van der Waals surface area contributed by atoms with Gasteiger partial charge in [0.25, 0.3) is 0 Å². The maximum absolute atomic E-state index is 9.66. The van der Waals surface area contributed by atoms with Gasteiger partial charge in [-0.05, 0) is 49.1 Å². The molecule has 0 radical (unpaired) electrons. The quantitative estimate of drug-likeness (QED) is 0.840. The Morgan fingerprint density at radius 2 is 1.79 bits per heavy atom. The van der Waals surface area contributed by atoms with Gasteiger partial charge in [0.2, 0.25) is 0 Å². The van der Waals surface area contributed by atoms with Crippen molar-refractivity contribution in [2.45, 2.75) is 38.5 Å². The van der Waals surface area contributed by atoms with Crippen molar-refractivity contribution in [3.8, 4) is 0 Å². The lowest BCUT2D eigenvalue weighted by Gasteiger charge is -2.30. The second kappa shape index (κ2) is 8.02. The first-order valence-corrected chi connectivity index (χ1v) is 9.00. The third kappa shape index (κ3) is 4.50. The summed E-state index contributed by atoms with van der Waals surface area (Å²) in [5.41, 5.74) is 3.69. The molecular weight excluding hydrogens is 320 g/mol. The van der Waals surface area contributed by atoms with Crippen LogP contribution in [0, 0.1) is 0 Å². The predicted molar refractivity (Wildman–Crippen MR) is 100 cm³/mol. The van der Waals surface area contributed by atoms with Crippen molar-refractivity contribution in [3.05, 3.63) is 64.7 Å². The van der Waals surface area contributed by atoms with Crippen LogP contribution in [0.1, 0.15) is 36.9 Å². The van der Waals surface area contributed by atoms with E-state index in [0.717, 1.165) is 37.5 Å². The van der Waals surface area contributed by atoms with Crippen LogP contribution in [0.15, 0.2) is 48.5 Å². The second-order valence-electron chi connectivity index (χ2n) is 6.58. The van der Waals surface area contributed by atoms with Crippen LogP contribution in [0.3, 0.4) is 0 Å². The van der Waals surface area contributed by atoms with E-state index in [1.807, 2.05) is 12.1 Å². The van der Waals surface area contributed by atoms with Gasteiger partial charge in [-0.1, -0.05) is 41.9 Å². The van der Waals surface area contributed by atoms with Crippen LogP contribution in [0.4, 0.5) is 5.69 Å². The van der Waals surface area contributed by atoms with Crippen molar-refractivity contribution in [1.29, 1.82) is 0 Å². The number of nitrogens with zero attached hydrogens (tertiary/aromatic N) is 1. The minimum Gasteiger partial charge on any atom is -0.393 e. The highest BCUT2D eigenvalue weighted by molar-refractivity contribution is 6.30. The van der Waals surface area contributed by atoms with Crippen molar-refractivity contribution < 1.29 is 5.11 Å². The van der Waals surface area contributed by atoms with Gasteiger partial charge in [0.1, 0.15) is 0 Å². The summed E-state index contributed by atoms with van der Waals surface area (Å²) < 4.78 is 0. The Hall–Kier alpha value is -1.55. The van der Waals surface area contributed by atoms with Crippen LogP contribution in [0.5, 0.6) is 0 Å². The minimum atomic E-state index is -0.125. The van der Waals surface area contributed by atoms with Gasteiger partial charge in [-0.25, -0.2) is 0 Å². The Morgan fingerprint density at radius 3 is 2.50 bits per heavy atom. The molecule has 24 heavy (non-hydrogen) atoms. The van der Waals surface area contributed by atoms with Crippen LogP contribution < -0.4 is 5.32 Å². The topological polar surface area (TPSA) is 35.5 Å². The highest BCUT2D eigenvalue weighted by Crippen LogP contribution is 2.25. The van der Waals surface area contributed by atoms with Gasteiger partial charge in [-0.2, -0.15) is 0 Å². The van der Waals surface area contributed by atoms with E-state index < -0.39 is 0 Å². The number of hydrogen-bond donors (Lipinski definition) is 2. The molecule has 3 nitrogen and oxygen atoms in total. The third-order valence-corrected chi connectivity index (χ3v) is 4.96. The zero-order valence-electron chi connectivity index (χ0n) is 14.1. The van der Waals surface area contributed by atoms with E-state index in [0.29, 0.717) is 0 Å². The molecule has 0 spiro atoms. The average Bonchev–Trinajstić information content (AvgIpc) is 2.59. The molecule has 1 unspecified atom stereocenters. The minimum absolute atomic E-state index is 0.125. The summed E-state index contributed by atoms with van der Waals surface area (Å²) in [6.07, 6.45) is 1.62. The summed E-state index contributed by atoms with van der Waals surface area (Å²) in [5, 5.41) is 14.1. The average molecular weight is 345 g/mol. The van der Waals surface area contributed by atoms with Crippen molar-refractivity contribution in [1.82, 2.24) is 4.90 Å². The summed E-state index contributed by atoms with van der Waals surface area (Å²) in [7, 11) is 0. The highest BCUT2D eigenvalue weighted by atomic mass is 35.5. The van der Waals surface area contributed by atoms with Gasteiger partial charge in [-0.3, -0.25) is 4.90 Å². The molecule has 4 heteroatoms. The van der Waals surface area contributed by atoms with Crippen molar-refractivity contribution in [2.24, 2.45) is 0 Å². The Kier molecular flexibility index (Phi) is 5.77. The van der Waals surface area contributed by atoms with E-state index in [2.05, 4.69) is 53.5 Å². The number of nitrogens with one attached hydrogen (secondary N) is 1. The number of halogens is 1. The number of para-hydroxylation sites is 1. The summed E-state index contributed by atoms with van der Waals surface area (Å²) in [6.45, 7) is 5.00. The first kappa shape index (κ1) is 17.3. The zero-order chi connectivity index (χ0) is 16.9. The molecule has 2 N–H and O–H groups in total. The molecule has 0 amide bonds. The molecule has 128 valence electrons. The Morgan fingerprint density at radius 1 is 1.12 bits per heavy atom. The van der Waals surface area contributed by atoms with Crippen molar-refractivity contribution >= 4 is 17.3 Å². The molecule has 1 heterocycles. The van der Waals surface area contributed by atoms with Gasteiger partial charge in [-0.15, -0.1) is 0 Å². The van der Waals surface area contributed by atoms with Gasteiger partial charge in [0, 0.05) is 36.4 Å². The number of aliphatic hydroxyl groups is 1. The number of piperidine rings is 1. The maximum Gasteiger partial charge on any atom is 0.0564 e. The fraction of sp³-hybridized carbons (Fsp3) is 0.400. The lowest BCUT2D eigenvalue weighted by molar-refractivity contribution is 0.0793. The Labute approximate surface area is 149 Å². The zero-order valence-corrected chi connectivity index (χ0v) is 14.8. The molecule has 1 saturated heterocycles. The van der Waals surface area contributed by atoms with E-state index >= 15 is 0 Å². The van der Waals surface area contributed by atoms with Crippen LogP contribution in [0.25, 0.3) is 0 Å². The fourth-order valence-corrected chi connectivity index (χ4v) is 3.31. The molecular formula is C20H25ClN2O. The van der Waals surface area contributed by atoms with E-state index in [-0.39, 0.29) is 12.1 Å². The van der Waals surface area contributed by atoms with Gasteiger partial charge < -0.3 is 10.4 Å². The highest BCUT2D eigenvalue weighted by Gasteiger charge is 2.18. The monoisotopic (exact) mass is 344 g/mol. The maximum atomic E-state index is 9.66. The Bertz CT molecular complexity index is 651. The summed E-state index contributed by atoms with van der Waals surface area (Å²) in [5.74, 6) is 0. The first-order valence-electron chi connectivity index (χ1n) is 8.62. The number of likely N-dealkylation sites (tertiary alicyclic amines) is 1. The van der Waals surface area contributed by atoms with E-state index in [4.69, 9.17) is 11.6 Å². The lowest BCUT2D eigenvalue weighted by atomic mass is 10.0. The van der Waals surface area contributed by atoms with Crippen molar-refractivity contribution in [2.75, 3.05) is 18.4 Å². The van der Waals surface area contributed by atoms with Crippen LogP contribution in [-0.4, -0.2) is 29.2 Å². The summed E-state index contributed by atoms with van der Waals surface area (Å²) in [4.78, 5) is 2.42. The molecule has 1 atom stereocenters. The van der Waals surface area contributed by atoms with E-state index in [1.54, 1.807) is 0 Å². The molecule has 0 bridgehead atoms. The van der Waals surface area contributed by atoms with Gasteiger partial charge in [0.05, 0.1) is 6.10 Å². The van der Waals surface area contributed by atoms with E-state index in [9.17, 15) is 5.11 Å². The summed E-state index contributed by atoms with van der Waals surface area (Å²) >= 11 is 5.98. The molecule has 0 saturated carbocycles. The molecule has 2 aromatic rings. The molecule has 1 aliphatic rings. The second-order valence-corrected chi connectivity index (χ2v) is 7.02. The number of rotatable bonds is 5. The molecule has 1 aliphatic heterocycles. The number of anilines is 1. The molecule has 0 aliphatic carbocycles. The van der Waals surface area contributed by atoms with Gasteiger partial charge >= 0.3 is 0 Å². The third-order valence-electron chi connectivity index (χ3n) is 4.71. The number of hydrogen-bond acceptors (Lipinski definition) is 3. The first-order chi connectivity index (χ1) is 11.6. The van der Waals surface area contributed by atoms with Gasteiger partial charge in [0.15, 0.2) is 0 Å². The van der Waals surface area contributed by atoms with Crippen LogP contribution in [0.2, 0.25) is 5.02 Å². The molecule has 0 aromatic heterocycles. The standard InChI is InChI=1S/C20H25ClN2O/c1-15(16-6-8-18(21)9-7-16)22-20-5-3-2-4-17(20)14-23-12-10-19(24)11-13-23/h2-9,15,19,22,24H,10-14H2,1H3. The summed E-state index contributed by atoms with van der Waals surface area (Å²) in [6, 6.07) is 16.7. The van der Waals surface area contributed by atoms with Crippen LogP contribution >= 0.6 is 11.6 Å². The fourth-order valence-electron chi connectivity index (χ4n) is 3.19. The lowest BCUT2D eigenvalue weighted by Crippen LogP contribution is -2.35. The number of aliphatic hydroxyl groups excluding tert-OH is 1. The largest absolute Gasteiger partial charge is 0.393 e. The van der Waals surface area contributed by atoms with Crippen molar-refractivity contribution in [3.63, 3.8) is 0 Å². The smallest absolute Gasteiger partial charge is 0.0564 e.